The van der Waals surface area contributed by atoms with Gasteiger partial charge in [0.05, 0.1) is 5.92 Å². The van der Waals surface area contributed by atoms with E-state index in [0.717, 1.165) is 43.9 Å². The second kappa shape index (κ2) is 5.85. The summed E-state index contributed by atoms with van der Waals surface area (Å²) in [6.45, 7) is 1.66. The summed E-state index contributed by atoms with van der Waals surface area (Å²) in [5.41, 5.74) is 0. The third-order valence-electron chi connectivity index (χ3n) is 7.78. The van der Waals surface area contributed by atoms with Crippen molar-refractivity contribution in [3.05, 3.63) is 12.2 Å². The summed E-state index contributed by atoms with van der Waals surface area (Å²) < 4.78 is 11.0. The van der Waals surface area contributed by atoms with Crippen LogP contribution in [0, 0.1) is 41.4 Å². The van der Waals surface area contributed by atoms with Gasteiger partial charge in [0.2, 0.25) is 0 Å². The number of carbonyl (C=O) groups is 2. The van der Waals surface area contributed by atoms with E-state index < -0.39 is 6.10 Å². The van der Waals surface area contributed by atoms with Crippen LogP contribution in [0.2, 0.25) is 0 Å². The molecule has 25 heavy (non-hydrogen) atoms. The monoisotopic (exact) mass is 344 g/mol. The van der Waals surface area contributed by atoms with E-state index in [1.165, 1.54) is 12.8 Å². The Labute approximate surface area is 149 Å². The van der Waals surface area contributed by atoms with Crippen LogP contribution in [0.25, 0.3) is 0 Å². The fraction of sp³-hybridized carbons (Fsp3) is 0.810. The number of allylic oxidation sites excluding steroid dienone is 2. The van der Waals surface area contributed by atoms with Crippen LogP contribution in [0.3, 0.4) is 0 Å². The smallest absolute Gasteiger partial charge is 0.347 e. The third-order valence-corrected chi connectivity index (χ3v) is 7.78. The molecular formula is C21H28O4. The van der Waals surface area contributed by atoms with Gasteiger partial charge in [-0.3, -0.25) is 4.79 Å². The first-order valence-electron chi connectivity index (χ1n) is 10.2. The second-order valence-electron chi connectivity index (χ2n) is 9.03. The van der Waals surface area contributed by atoms with E-state index in [9.17, 15) is 9.59 Å². The number of hydrogen-bond acceptors (Lipinski definition) is 4. The minimum atomic E-state index is -0.775. The fourth-order valence-corrected chi connectivity index (χ4v) is 6.86. The Morgan fingerprint density at radius 1 is 1.00 bits per heavy atom. The van der Waals surface area contributed by atoms with Crippen molar-refractivity contribution >= 4 is 11.9 Å². The number of fused-ring (bicyclic) bond motifs is 9. The van der Waals surface area contributed by atoms with E-state index in [1.807, 2.05) is 0 Å². The van der Waals surface area contributed by atoms with Crippen molar-refractivity contribution in [2.75, 3.05) is 0 Å². The maximum absolute atomic E-state index is 12.7. The number of esters is 2. The van der Waals surface area contributed by atoms with Gasteiger partial charge >= 0.3 is 11.9 Å². The molecule has 5 rings (SSSR count). The Kier molecular flexibility index (Phi) is 3.72. The molecular weight excluding hydrogens is 316 g/mol. The fourth-order valence-electron chi connectivity index (χ4n) is 6.86. The summed E-state index contributed by atoms with van der Waals surface area (Å²) in [4.78, 5) is 24.9. The molecule has 4 nitrogen and oxygen atoms in total. The summed E-state index contributed by atoms with van der Waals surface area (Å²) >= 11 is 0. The molecule has 0 aromatic carbocycles. The Bertz CT molecular complexity index is 605. The molecule has 0 amide bonds. The van der Waals surface area contributed by atoms with Gasteiger partial charge in [-0.25, -0.2) is 4.79 Å². The van der Waals surface area contributed by atoms with E-state index in [-0.39, 0.29) is 24.0 Å². The van der Waals surface area contributed by atoms with Crippen molar-refractivity contribution in [3.63, 3.8) is 0 Å². The normalized spacial score (nSPS) is 44.9. The Hall–Kier alpha value is -1.32. The molecule has 8 atom stereocenters. The number of ether oxygens (including phenoxy) is 2. The Balaban J connectivity index is 1.19. The Morgan fingerprint density at radius 3 is 2.48 bits per heavy atom. The molecule has 0 saturated heterocycles. The highest BCUT2D eigenvalue weighted by atomic mass is 16.6. The van der Waals surface area contributed by atoms with Crippen LogP contribution in [0.4, 0.5) is 0 Å². The molecule has 0 N–H and O–H groups in total. The topological polar surface area (TPSA) is 52.6 Å². The standard InChI is InChI=1S/C21H28O4/c1-11(20(22)25-15-4-2-3-5-15)24-21(23)17-10-14-9-16(17)19-13-7-6-12(8-13)18(14)19/h6-7,11-19H,2-5,8-10H2,1H3. The van der Waals surface area contributed by atoms with Crippen molar-refractivity contribution in [1.82, 2.24) is 0 Å². The maximum atomic E-state index is 12.7. The maximum Gasteiger partial charge on any atom is 0.347 e. The van der Waals surface area contributed by atoms with Gasteiger partial charge < -0.3 is 9.47 Å². The van der Waals surface area contributed by atoms with Crippen molar-refractivity contribution in [2.45, 2.75) is 64.1 Å². The average Bonchev–Trinajstić information content (AvgIpc) is 3.38. The minimum Gasteiger partial charge on any atom is -0.460 e. The van der Waals surface area contributed by atoms with Crippen molar-refractivity contribution in [3.8, 4) is 0 Å². The molecule has 0 radical (unpaired) electrons. The lowest BCUT2D eigenvalue weighted by Gasteiger charge is -2.35. The van der Waals surface area contributed by atoms with Gasteiger partial charge in [-0.15, -0.1) is 0 Å². The van der Waals surface area contributed by atoms with Gasteiger partial charge in [0.25, 0.3) is 0 Å². The minimum absolute atomic E-state index is 0.000676. The molecule has 5 aliphatic carbocycles. The van der Waals surface area contributed by atoms with E-state index in [1.54, 1.807) is 6.92 Å². The lowest BCUT2D eigenvalue weighted by molar-refractivity contribution is -0.173. The summed E-state index contributed by atoms with van der Waals surface area (Å²) in [6.07, 6.45) is 11.6. The van der Waals surface area contributed by atoms with Crippen molar-refractivity contribution in [1.29, 1.82) is 0 Å². The highest BCUT2D eigenvalue weighted by Gasteiger charge is 2.62. The highest BCUT2D eigenvalue weighted by molar-refractivity contribution is 5.80. The molecule has 0 aromatic rings. The summed E-state index contributed by atoms with van der Waals surface area (Å²) in [6, 6.07) is 0. The zero-order valence-corrected chi connectivity index (χ0v) is 14.9. The van der Waals surface area contributed by atoms with Crippen molar-refractivity contribution in [2.24, 2.45) is 41.4 Å². The van der Waals surface area contributed by atoms with E-state index in [2.05, 4.69) is 12.2 Å². The van der Waals surface area contributed by atoms with Crippen LogP contribution < -0.4 is 0 Å². The molecule has 0 aliphatic heterocycles. The second-order valence-corrected chi connectivity index (χ2v) is 9.03. The molecule has 8 unspecified atom stereocenters. The SMILES string of the molecule is CC(OC(=O)C1CC2CC1C1C3C=CC(C3)C21)C(=O)OC1CCCC1. The lowest BCUT2D eigenvalue weighted by Crippen LogP contribution is -2.38. The molecule has 5 aliphatic rings. The number of rotatable bonds is 4. The zero-order valence-electron chi connectivity index (χ0n) is 14.9. The largest absolute Gasteiger partial charge is 0.460 e. The van der Waals surface area contributed by atoms with Gasteiger partial charge in [-0.05, 0) is 87.4 Å². The van der Waals surface area contributed by atoms with Gasteiger partial charge in [0, 0.05) is 0 Å². The van der Waals surface area contributed by atoms with Crippen LogP contribution >= 0.6 is 0 Å². The first-order valence-corrected chi connectivity index (χ1v) is 10.2. The van der Waals surface area contributed by atoms with Gasteiger partial charge in [0.15, 0.2) is 6.10 Å². The van der Waals surface area contributed by atoms with Gasteiger partial charge in [-0.2, -0.15) is 0 Å². The zero-order chi connectivity index (χ0) is 17.1. The molecule has 0 aromatic heterocycles. The van der Waals surface area contributed by atoms with E-state index >= 15 is 0 Å². The number of carbonyl (C=O) groups excluding carboxylic acids is 2. The van der Waals surface area contributed by atoms with Crippen LogP contribution in [-0.2, 0) is 19.1 Å². The predicted molar refractivity (Wildman–Crippen MR) is 91.3 cm³/mol. The molecule has 4 saturated carbocycles. The highest BCUT2D eigenvalue weighted by Crippen LogP contribution is 2.67. The first-order chi connectivity index (χ1) is 12.1. The molecule has 4 bridgehead atoms. The van der Waals surface area contributed by atoms with Crippen LogP contribution in [0.5, 0.6) is 0 Å². The third kappa shape index (κ3) is 2.47. The molecule has 4 heteroatoms. The quantitative estimate of drug-likeness (QED) is 0.445. The van der Waals surface area contributed by atoms with E-state index in [4.69, 9.17) is 9.47 Å². The molecule has 0 heterocycles. The van der Waals surface area contributed by atoms with Crippen LogP contribution in [0.15, 0.2) is 12.2 Å². The Morgan fingerprint density at radius 2 is 1.72 bits per heavy atom. The first kappa shape index (κ1) is 15.9. The summed E-state index contributed by atoms with van der Waals surface area (Å²) in [5.74, 6) is 3.58. The summed E-state index contributed by atoms with van der Waals surface area (Å²) in [5, 5.41) is 0. The van der Waals surface area contributed by atoms with Crippen molar-refractivity contribution < 1.29 is 19.1 Å². The molecule has 4 fully saturated rings. The average molecular weight is 344 g/mol. The van der Waals surface area contributed by atoms with E-state index in [0.29, 0.717) is 23.7 Å². The number of hydrogen-bond donors (Lipinski definition) is 0. The lowest BCUT2D eigenvalue weighted by atomic mass is 9.69. The van der Waals surface area contributed by atoms with Gasteiger partial charge in [0.1, 0.15) is 6.10 Å². The van der Waals surface area contributed by atoms with Gasteiger partial charge in [-0.1, -0.05) is 12.2 Å². The molecule has 0 spiro atoms. The predicted octanol–water partition coefficient (Wildman–Crippen LogP) is 3.50. The van der Waals surface area contributed by atoms with Crippen LogP contribution in [-0.4, -0.2) is 24.1 Å². The van der Waals surface area contributed by atoms with Crippen LogP contribution in [0.1, 0.15) is 51.9 Å². The summed E-state index contributed by atoms with van der Waals surface area (Å²) in [7, 11) is 0. The molecule has 136 valence electrons.